The van der Waals surface area contributed by atoms with Crippen LogP contribution in [0.25, 0.3) is 5.76 Å². The molecule has 0 radical (unpaired) electrons. The molecule has 2 aromatic carbocycles. The van der Waals surface area contributed by atoms with Gasteiger partial charge in [-0.2, -0.15) is 0 Å². The maximum Gasteiger partial charge on any atom is 0.308 e. The number of ketones is 1. The van der Waals surface area contributed by atoms with E-state index in [-0.39, 0.29) is 11.3 Å². The molecule has 32 heavy (non-hydrogen) atoms. The fraction of sp³-hybridized carbons (Fsp3) is 0.320. The summed E-state index contributed by atoms with van der Waals surface area (Å²) in [6.45, 7) is 7.99. The normalized spacial score (nSPS) is 17.8. The van der Waals surface area contributed by atoms with Gasteiger partial charge in [0.2, 0.25) is 0 Å². The van der Waals surface area contributed by atoms with Crippen molar-refractivity contribution in [3.63, 3.8) is 0 Å². The van der Waals surface area contributed by atoms with Crippen LogP contribution in [0.5, 0.6) is 5.75 Å². The number of carbonyl (C=O) groups excluding carboxylic acids is 3. The van der Waals surface area contributed by atoms with Crippen LogP contribution in [0.4, 0.5) is 0 Å². The molecule has 0 aromatic heterocycles. The summed E-state index contributed by atoms with van der Waals surface area (Å²) in [6, 6.07) is 14.6. The molecule has 1 heterocycles. The Hall–Kier alpha value is -3.45. The summed E-state index contributed by atoms with van der Waals surface area (Å²) in [6.07, 6.45) is 0. The van der Waals surface area contributed by atoms with Crippen LogP contribution in [0, 0.1) is 0 Å². The van der Waals surface area contributed by atoms with Crippen LogP contribution in [-0.4, -0.2) is 58.7 Å². The Bertz CT molecular complexity index is 1010. The van der Waals surface area contributed by atoms with Crippen molar-refractivity contribution in [2.24, 2.45) is 0 Å². The van der Waals surface area contributed by atoms with E-state index < -0.39 is 23.7 Å². The van der Waals surface area contributed by atoms with E-state index in [0.29, 0.717) is 30.0 Å². The lowest BCUT2D eigenvalue weighted by molar-refractivity contribution is -0.140. The number of aliphatic hydroxyl groups excluding tert-OH is 1. The first-order chi connectivity index (χ1) is 15.4. The van der Waals surface area contributed by atoms with Gasteiger partial charge in [0, 0.05) is 25.6 Å². The van der Waals surface area contributed by atoms with Crippen LogP contribution in [0.1, 0.15) is 37.9 Å². The Morgan fingerprint density at radius 2 is 1.66 bits per heavy atom. The van der Waals surface area contributed by atoms with Crippen molar-refractivity contribution < 1.29 is 24.2 Å². The van der Waals surface area contributed by atoms with Gasteiger partial charge in [0.25, 0.3) is 11.7 Å². The first-order valence-electron chi connectivity index (χ1n) is 10.7. The summed E-state index contributed by atoms with van der Waals surface area (Å²) in [5, 5.41) is 11.0. The van der Waals surface area contributed by atoms with Crippen LogP contribution in [0.3, 0.4) is 0 Å². The number of hydrogen-bond acceptors (Lipinski definition) is 6. The van der Waals surface area contributed by atoms with Crippen LogP contribution < -0.4 is 4.74 Å². The smallest absolute Gasteiger partial charge is 0.308 e. The molecule has 7 heteroatoms. The molecular formula is C25H28N2O5. The molecule has 1 amide bonds. The zero-order valence-electron chi connectivity index (χ0n) is 18.6. The lowest BCUT2D eigenvalue weighted by atomic mass is 9.95. The number of likely N-dealkylation sites (N-methyl/N-ethyl adjacent to an activating group) is 1. The summed E-state index contributed by atoms with van der Waals surface area (Å²) in [4.78, 5) is 40.9. The Morgan fingerprint density at radius 1 is 1.03 bits per heavy atom. The topological polar surface area (TPSA) is 87.2 Å². The number of benzene rings is 2. The van der Waals surface area contributed by atoms with Gasteiger partial charge in [-0.05, 0) is 30.8 Å². The molecule has 1 aliphatic heterocycles. The minimum absolute atomic E-state index is 0.0565. The van der Waals surface area contributed by atoms with Gasteiger partial charge >= 0.3 is 5.97 Å². The minimum Gasteiger partial charge on any atom is -0.507 e. The Kier molecular flexibility index (Phi) is 7.43. The van der Waals surface area contributed by atoms with E-state index in [9.17, 15) is 19.5 Å². The van der Waals surface area contributed by atoms with Crippen molar-refractivity contribution in [2.75, 3.05) is 26.2 Å². The summed E-state index contributed by atoms with van der Waals surface area (Å²) in [5.74, 6) is -1.62. The molecule has 2 aromatic rings. The zero-order chi connectivity index (χ0) is 23.3. The fourth-order valence-corrected chi connectivity index (χ4v) is 3.88. The van der Waals surface area contributed by atoms with Gasteiger partial charge < -0.3 is 19.6 Å². The van der Waals surface area contributed by atoms with Crippen molar-refractivity contribution >= 4 is 23.4 Å². The largest absolute Gasteiger partial charge is 0.507 e. The number of aliphatic hydroxyl groups is 1. The number of amides is 1. The van der Waals surface area contributed by atoms with Crippen LogP contribution >= 0.6 is 0 Å². The number of nitrogens with zero attached hydrogens (tertiary/aromatic N) is 2. The molecule has 168 valence electrons. The molecule has 0 saturated carbocycles. The second kappa shape index (κ2) is 10.2. The maximum atomic E-state index is 13.0. The molecule has 3 rings (SSSR count). The van der Waals surface area contributed by atoms with Crippen molar-refractivity contribution in [2.45, 2.75) is 26.8 Å². The Morgan fingerprint density at radius 3 is 2.22 bits per heavy atom. The van der Waals surface area contributed by atoms with E-state index in [1.54, 1.807) is 48.5 Å². The molecule has 0 bridgehead atoms. The number of Topliss-reactive ketones (excluding diaryl/α,β-unsaturated/α-hetero) is 1. The molecule has 1 saturated heterocycles. The number of hydrogen-bond donors (Lipinski definition) is 1. The monoisotopic (exact) mass is 436 g/mol. The molecule has 0 aliphatic carbocycles. The fourth-order valence-electron chi connectivity index (χ4n) is 3.88. The Labute approximate surface area is 187 Å². The quantitative estimate of drug-likeness (QED) is 0.224. The van der Waals surface area contributed by atoms with E-state index in [2.05, 4.69) is 4.90 Å². The van der Waals surface area contributed by atoms with Gasteiger partial charge in [0.1, 0.15) is 11.5 Å². The van der Waals surface area contributed by atoms with E-state index >= 15 is 0 Å². The third-order valence-electron chi connectivity index (χ3n) is 5.60. The van der Waals surface area contributed by atoms with Gasteiger partial charge in [-0.25, -0.2) is 0 Å². The summed E-state index contributed by atoms with van der Waals surface area (Å²) >= 11 is 0. The lowest BCUT2D eigenvalue weighted by Crippen LogP contribution is -2.38. The third kappa shape index (κ3) is 4.89. The van der Waals surface area contributed by atoms with E-state index in [0.717, 1.165) is 13.1 Å². The van der Waals surface area contributed by atoms with Crippen LogP contribution in [-0.2, 0) is 14.4 Å². The summed E-state index contributed by atoms with van der Waals surface area (Å²) in [7, 11) is 0. The highest BCUT2D eigenvalue weighted by Crippen LogP contribution is 2.39. The van der Waals surface area contributed by atoms with Gasteiger partial charge in [-0.3, -0.25) is 14.4 Å². The molecule has 1 unspecified atom stereocenters. The predicted molar refractivity (Wildman–Crippen MR) is 121 cm³/mol. The summed E-state index contributed by atoms with van der Waals surface area (Å²) in [5.41, 5.74) is 1.17. The molecule has 1 N–H and O–H groups in total. The molecule has 7 nitrogen and oxygen atoms in total. The van der Waals surface area contributed by atoms with Crippen LogP contribution in [0.2, 0.25) is 0 Å². The number of esters is 1. The first-order valence-corrected chi connectivity index (χ1v) is 10.7. The lowest BCUT2D eigenvalue weighted by Gasteiger charge is -2.28. The number of carbonyl (C=O) groups is 3. The van der Waals surface area contributed by atoms with Gasteiger partial charge in [0.15, 0.2) is 0 Å². The van der Waals surface area contributed by atoms with Crippen molar-refractivity contribution in [3.8, 4) is 5.75 Å². The molecule has 1 fully saturated rings. The average molecular weight is 437 g/mol. The van der Waals surface area contributed by atoms with E-state index in [1.807, 2.05) is 19.9 Å². The van der Waals surface area contributed by atoms with Gasteiger partial charge in [-0.1, -0.05) is 56.3 Å². The average Bonchev–Trinajstić information content (AvgIpc) is 3.05. The third-order valence-corrected chi connectivity index (χ3v) is 5.60. The number of ether oxygens (including phenoxy) is 1. The van der Waals surface area contributed by atoms with Crippen LogP contribution in [0.15, 0.2) is 60.2 Å². The highest BCUT2D eigenvalue weighted by molar-refractivity contribution is 6.46. The zero-order valence-corrected chi connectivity index (χ0v) is 18.6. The second-order valence-corrected chi connectivity index (χ2v) is 7.55. The van der Waals surface area contributed by atoms with Crippen molar-refractivity contribution in [1.82, 2.24) is 9.80 Å². The Balaban J connectivity index is 2.06. The summed E-state index contributed by atoms with van der Waals surface area (Å²) < 4.78 is 5.10. The number of likely N-dealkylation sites (tertiary alicyclic amines) is 1. The molecule has 0 spiro atoms. The highest BCUT2D eigenvalue weighted by Gasteiger charge is 2.45. The highest BCUT2D eigenvalue weighted by atomic mass is 16.5. The maximum absolute atomic E-state index is 13.0. The second-order valence-electron chi connectivity index (χ2n) is 7.55. The number of rotatable bonds is 8. The molecule has 1 aliphatic rings. The van der Waals surface area contributed by atoms with Gasteiger partial charge in [0.05, 0.1) is 11.6 Å². The minimum atomic E-state index is -0.739. The molecular weight excluding hydrogens is 408 g/mol. The SMILES string of the molecule is CCN(CC)CCN1C(=O)C(=O)/C(=C(\O)c2ccccc2)C1c1ccc(OC(C)=O)cc1. The van der Waals surface area contributed by atoms with E-state index in [1.165, 1.54) is 11.8 Å². The van der Waals surface area contributed by atoms with Crippen molar-refractivity contribution in [1.29, 1.82) is 0 Å². The standard InChI is InChI=1S/C25H28N2O5/c1-4-26(5-2)15-16-27-22(18-11-13-20(14-12-18)32-17(3)28)21(24(30)25(27)31)23(29)19-9-7-6-8-10-19/h6-14,22,29H,4-5,15-16H2,1-3H3/b23-21-. The van der Waals surface area contributed by atoms with Crippen molar-refractivity contribution in [3.05, 3.63) is 71.3 Å². The predicted octanol–water partition coefficient (Wildman–Crippen LogP) is 3.38. The van der Waals surface area contributed by atoms with E-state index in [4.69, 9.17) is 4.74 Å². The molecule has 1 atom stereocenters. The first kappa shape index (κ1) is 23.2. The van der Waals surface area contributed by atoms with Gasteiger partial charge in [-0.15, -0.1) is 0 Å².